The first-order valence-electron chi connectivity index (χ1n) is 7.18. The maximum Gasteiger partial charge on any atom is 0.265 e. The van der Waals surface area contributed by atoms with E-state index in [4.69, 9.17) is 0 Å². The molecule has 4 rings (SSSR count). The second-order valence-electron chi connectivity index (χ2n) is 5.62. The lowest BCUT2D eigenvalue weighted by Crippen LogP contribution is -2.30. The molecule has 0 fully saturated rings. The summed E-state index contributed by atoms with van der Waals surface area (Å²) < 4.78 is 27.2. The summed E-state index contributed by atoms with van der Waals surface area (Å²) in [5.74, 6) is 0.212. The molecule has 0 amide bonds. The molecule has 0 bridgehead atoms. The molecule has 1 aromatic carbocycles. The Balaban J connectivity index is 1.87. The quantitative estimate of drug-likeness (QED) is 0.853. The molecule has 0 N–H and O–H groups in total. The third-order valence-electron chi connectivity index (χ3n) is 4.39. The van der Waals surface area contributed by atoms with Crippen LogP contribution >= 0.6 is 0 Å². The van der Waals surface area contributed by atoms with Crippen LogP contribution in [-0.2, 0) is 10.0 Å². The number of nitrogens with zero attached hydrogens (tertiary/aromatic N) is 2. The number of sulfonamides is 1. The van der Waals surface area contributed by atoms with E-state index in [2.05, 4.69) is 4.98 Å². The maximum atomic E-state index is 12.9. The van der Waals surface area contributed by atoms with Gasteiger partial charge in [-0.25, -0.2) is 8.42 Å². The van der Waals surface area contributed by atoms with Crippen LogP contribution in [0.2, 0.25) is 0 Å². The van der Waals surface area contributed by atoms with Crippen LogP contribution in [-0.4, -0.2) is 25.7 Å². The van der Waals surface area contributed by atoms with Gasteiger partial charge in [0.25, 0.3) is 10.0 Å². The van der Waals surface area contributed by atoms with Gasteiger partial charge in [0, 0.05) is 36.8 Å². The zero-order valence-electron chi connectivity index (χ0n) is 11.8. The SMILES string of the molecule is O=C1CC[C@@H]2CN(S(=O)(=O)c3cccnc3)c3cccc1c32. The van der Waals surface area contributed by atoms with Crippen LogP contribution < -0.4 is 4.31 Å². The van der Waals surface area contributed by atoms with Gasteiger partial charge in [0.15, 0.2) is 5.78 Å². The van der Waals surface area contributed by atoms with Crippen LogP contribution in [0.15, 0.2) is 47.6 Å². The van der Waals surface area contributed by atoms with Crippen molar-refractivity contribution in [3.63, 3.8) is 0 Å². The minimum Gasteiger partial charge on any atom is -0.294 e. The Hall–Kier alpha value is -2.21. The normalized spacial score (nSPS) is 20.1. The number of ketones is 1. The molecule has 6 heteroatoms. The number of aromatic nitrogens is 1. The summed E-state index contributed by atoms with van der Waals surface area (Å²) in [6.45, 7) is 0.400. The lowest BCUT2D eigenvalue weighted by Gasteiger charge is -2.19. The average molecular weight is 314 g/mol. The summed E-state index contributed by atoms with van der Waals surface area (Å²) in [6.07, 6.45) is 4.10. The summed E-state index contributed by atoms with van der Waals surface area (Å²) in [5, 5.41) is 0. The number of Topliss-reactive ketones (excluding diaryl/α,β-unsaturated/α-hetero) is 1. The molecule has 1 aliphatic carbocycles. The lowest BCUT2D eigenvalue weighted by atomic mass is 9.83. The fraction of sp³-hybridized carbons (Fsp3) is 0.250. The van der Waals surface area contributed by atoms with E-state index in [1.54, 1.807) is 36.5 Å². The van der Waals surface area contributed by atoms with Crippen molar-refractivity contribution in [1.29, 1.82) is 0 Å². The fourth-order valence-corrected chi connectivity index (χ4v) is 4.86. The summed E-state index contributed by atoms with van der Waals surface area (Å²) in [4.78, 5) is 16.1. The zero-order valence-corrected chi connectivity index (χ0v) is 12.6. The van der Waals surface area contributed by atoms with Gasteiger partial charge >= 0.3 is 0 Å². The molecular weight excluding hydrogens is 300 g/mol. The van der Waals surface area contributed by atoms with Crippen molar-refractivity contribution in [1.82, 2.24) is 4.98 Å². The number of pyridine rings is 1. The number of benzene rings is 1. The van der Waals surface area contributed by atoms with Gasteiger partial charge in [0.05, 0.1) is 5.69 Å². The Kier molecular flexibility index (Phi) is 2.84. The van der Waals surface area contributed by atoms with Crippen molar-refractivity contribution in [3.05, 3.63) is 53.9 Å². The largest absolute Gasteiger partial charge is 0.294 e. The van der Waals surface area contributed by atoms with E-state index < -0.39 is 10.0 Å². The van der Waals surface area contributed by atoms with E-state index >= 15 is 0 Å². The van der Waals surface area contributed by atoms with Crippen LogP contribution in [0.5, 0.6) is 0 Å². The zero-order chi connectivity index (χ0) is 15.3. The van der Waals surface area contributed by atoms with E-state index in [0.717, 1.165) is 5.56 Å². The van der Waals surface area contributed by atoms with Crippen molar-refractivity contribution in [2.24, 2.45) is 0 Å². The molecule has 1 aliphatic heterocycles. The first-order chi connectivity index (χ1) is 10.6. The van der Waals surface area contributed by atoms with Crippen molar-refractivity contribution >= 4 is 21.5 Å². The van der Waals surface area contributed by atoms with Gasteiger partial charge in [0.2, 0.25) is 0 Å². The minimum atomic E-state index is -3.64. The van der Waals surface area contributed by atoms with Crippen molar-refractivity contribution in [2.75, 3.05) is 10.8 Å². The fourth-order valence-electron chi connectivity index (χ4n) is 3.36. The summed E-state index contributed by atoms with van der Waals surface area (Å²) in [7, 11) is -3.64. The second kappa shape index (κ2) is 4.64. The Labute approximate surface area is 128 Å². The molecule has 0 saturated heterocycles. The Bertz CT molecular complexity index is 862. The average Bonchev–Trinajstić information content (AvgIpc) is 2.93. The highest BCUT2D eigenvalue weighted by molar-refractivity contribution is 7.92. The van der Waals surface area contributed by atoms with E-state index in [0.29, 0.717) is 30.6 Å². The molecule has 1 atom stereocenters. The summed E-state index contributed by atoms with van der Waals surface area (Å²) >= 11 is 0. The molecule has 0 radical (unpaired) electrons. The number of rotatable bonds is 2. The van der Waals surface area contributed by atoms with E-state index in [1.807, 2.05) is 0 Å². The van der Waals surface area contributed by atoms with Gasteiger partial charge in [-0.2, -0.15) is 0 Å². The second-order valence-corrected chi connectivity index (χ2v) is 7.48. The third kappa shape index (κ3) is 1.80. The van der Waals surface area contributed by atoms with Crippen LogP contribution in [0.4, 0.5) is 5.69 Å². The third-order valence-corrected chi connectivity index (χ3v) is 6.15. The molecular formula is C16H14N2O3S. The number of anilines is 1. The highest BCUT2D eigenvalue weighted by atomic mass is 32.2. The summed E-state index contributed by atoms with van der Waals surface area (Å²) in [6, 6.07) is 8.49. The van der Waals surface area contributed by atoms with Crippen molar-refractivity contribution < 1.29 is 13.2 Å². The molecule has 0 unspecified atom stereocenters. The van der Waals surface area contributed by atoms with Gasteiger partial charge in [0.1, 0.15) is 4.90 Å². The monoisotopic (exact) mass is 314 g/mol. The van der Waals surface area contributed by atoms with Gasteiger partial charge in [-0.1, -0.05) is 12.1 Å². The standard InChI is InChI=1S/C16H14N2O3S/c19-15-7-6-11-10-18(14-5-1-4-13(15)16(11)14)22(20,21)12-3-2-8-17-9-12/h1-5,8-9,11H,6-7,10H2/t11-/m1/s1. The predicted octanol–water partition coefficient (Wildman–Crippen LogP) is 2.35. The smallest absolute Gasteiger partial charge is 0.265 e. The number of hydrogen-bond donors (Lipinski definition) is 0. The number of carbonyl (C=O) groups is 1. The Morgan fingerprint density at radius 3 is 2.82 bits per heavy atom. The van der Waals surface area contributed by atoms with Crippen molar-refractivity contribution in [3.8, 4) is 0 Å². The van der Waals surface area contributed by atoms with E-state index in [9.17, 15) is 13.2 Å². The highest BCUT2D eigenvalue weighted by Crippen LogP contribution is 2.46. The van der Waals surface area contributed by atoms with Crippen LogP contribution in [0.3, 0.4) is 0 Å². The first kappa shape index (κ1) is 13.5. The minimum absolute atomic E-state index is 0.105. The molecule has 0 saturated carbocycles. The van der Waals surface area contributed by atoms with Crippen molar-refractivity contribution in [2.45, 2.75) is 23.7 Å². The Morgan fingerprint density at radius 1 is 1.18 bits per heavy atom. The number of hydrogen-bond acceptors (Lipinski definition) is 4. The predicted molar refractivity (Wildman–Crippen MR) is 81.5 cm³/mol. The Morgan fingerprint density at radius 2 is 2.05 bits per heavy atom. The topological polar surface area (TPSA) is 67.3 Å². The molecule has 2 heterocycles. The van der Waals surface area contributed by atoms with Crippen LogP contribution in [0, 0.1) is 0 Å². The first-order valence-corrected chi connectivity index (χ1v) is 8.62. The van der Waals surface area contributed by atoms with Gasteiger partial charge < -0.3 is 0 Å². The molecule has 2 aromatic rings. The highest BCUT2D eigenvalue weighted by Gasteiger charge is 2.40. The van der Waals surface area contributed by atoms with Crippen LogP contribution in [0.25, 0.3) is 0 Å². The molecule has 0 spiro atoms. The van der Waals surface area contributed by atoms with Gasteiger partial charge in [-0.3, -0.25) is 14.1 Å². The molecule has 22 heavy (non-hydrogen) atoms. The van der Waals surface area contributed by atoms with E-state index in [1.165, 1.54) is 10.5 Å². The molecule has 1 aromatic heterocycles. The molecule has 112 valence electrons. The van der Waals surface area contributed by atoms with Gasteiger partial charge in [-0.05, 0) is 30.2 Å². The van der Waals surface area contributed by atoms with Gasteiger partial charge in [-0.15, -0.1) is 0 Å². The summed E-state index contributed by atoms with van der Waals surface area (Å²) in [5.41, 5.74) is 2.21. The van der Waals surface area contributed by atoms with Crippen LogP contribution in [0.1, 0.15) is 34.7 Å². The molecule has 5 nitrogen and oxygen atoms in total. The number of carbonyl (C=O) groups excluding carboxylic acids is 1. The lowest BCUT2D eigenvalue weighted by molar-refractivity contribution is 0.0968. The van der Waals surface area contributed by atoms with E-state index in [-0.39, 0.29) is 16.6 Å². The molecule has 2 aliphatic rings. The maximum absolute atomic E-state index is 12.9.